The van der Waals surface area contributed by atoms with Crippen LogP contribution in [0, 0.1) is 17.6 Å². The summed E-state index contributed by atoms with van der Waals surface area (Å²) < 4.78 is 25.7. The van der Waals surface area contributed by atoms with Gasteiger partial charge in [-0.25, -0.2) is 8.78 Å². The Balaban J connectivity index is 1.94. The van der Waals surface area contributed by atoms with E-state index in [1.54, 1.807) is 0 Å². The van der Waals surface area contributed by atoms with Crippen LogP contribution in [0.4, 0.5) is 14.5 Å². The Hall–Kier alpha value is -1.12. The molecule has 0 bridgehead atoms. The van der Waals surface area contributed by atoms with Gasteiger partial charge in [0.05, 0.1) is 5.69 Å². The Morgan fingerprint density at radius 3 is 2.64 bits per heavy atom. The molecule has 1 aliphatic rings. The average Bonchev–Trinajstić information content (AvgIpc) is 2.05. The molecule has 14 heavy (non-hydrogen) atoms. The van der Waals surface area contributed by atoms with E-state index in [4.69, 9.17) is 0 Å². The van der Waals surface area contributed by atoms with Crippen LogP contribution in [0.25, 0.3) is 0 Å². The van der Waals surface area contributed by atoms with Gasteiger partial charge >= 0.3 is 0 Å². The van der Waals surface area contributed by atoms with Gasteiger partial charge in [0.1, 0.15) is 11.6 Å². The highest BCUT2D eigenvalue weighted by molar-refractivity contribution is 5.44. The van der Waals surface area contributed by atoms with Gasteiger partial charge in [0.2, 0.25) is 0 Å². The number of hydrogen-bond acceptors (Lipinski definition) is 1. The Kier molecular flexibility index (Phi) is 2.66. The number of nitrogens with one attached hydrogen (secondary N) is 1. The van der Waals surface area contributed by atoms with Crippen molar-refractivity contribution in [1.29, 1.82) is 0 Å². The molecule has 0 unspecified atom stereocenters. The third kappa shape index (κ3) is 2.03. The first kappa shape index (κ1) is 9.44. The summed E-state index contributed by atoms with van der Waals surface area (Å²) >= 11 is 0. The maximum Gasteiger partial charge on any atom is 0.149 e. The van der Waals surface area contributed by atoms with Crippen LogP contribution in [0.2, 0.25) is 0 Å². The molecule has 0 aliphatic heterocycles. The number of anilines is 1. The van der Waals surface area contributed by atoms with Crippen LogP contribution < -0.4 is 5.32 Å². The molecule has 0 radical (unpaired) electrons. The van der Waals surface area contributed by atoms with Crippen molar-refractivity contribution in [3.05, 3.63) is 29.8 Å². The quantitative estimate of drug-likeness (QED) is 0.784. The van der Waals surface area contributed by atoms with Crippen molar-refractivity contribution in [1.82, 2.24) is 0 Å². The maximum atomic E-state index is 13.1. The molecule has 76 valence electrons. The molecule has 0 spiro atoms. The molecule has 2 rings (SSSR count). The van der Waals surface area contributed by atoms with E-state index in [1.807, 2.05) is 0 Å². The van der Waals surface area contributed by atoms with Crippen molar-refractivity contribution in [2.45, 2.75) is 19.3 Å². The smallest absolute Gasteiger partial charge is 0.149 e. The molecule has 0 heterocycles. The summed E-state index contributed by atoms with van der Waals surface area (Å²) in [4.78, 5) is 0. The van der Waals surface area contributed by atoms with Gasteiger partial charge in [-0.1, -0.05) is 6.42 Å². The first-order chi connectivity index (χ1) is 6.75. The minimum atomic E-state index is -0.531. The van der Waals surface area contributed by atoms with Gasteiger partial charge in [-0.05, 0) is 30.9 Å². The standard InChI is InChI=1S/C11H13F2N/c12-9-4-5-11(10(13)6-9)14-7-8-2-1-3-8/h4-6,8,14H,1-3,7H2. The summed E-state index contributed by atoms with van der Waals surface area (Å²) in [6.45, 7) is 0.794. The zero-order chi connectivity index (χ0) is 9.97. The molecule has 1 aliphatic carbocycles. The monoisotopic (exact) mass is 197 g/mol. The number of rotatable bonds is 3. The fourth-order valence-corrected chi connectivity index (χ4v) is 1.58. The van der Waals surface area contributed by atoms with Crippen LogP contribution in [0.3, 0.4) is 0 Å². The van der Waals surface area contributed by atoms with Gasteiger partial charge in [-0.15, -0.1) is 0 Å². The maximum absolute atomic E-state index is 13.1. The summed E-state index contributed by atoms with van der Waals surface area (Å²) in [6, 6.07) is 3.62. The lowest BCUT2D eigenvalue weighted by molar-refractivity contribution is 0.333. The number of halogens is 2. The molecule has 1 N–H and O–H groups in total. The molecule has 1 aromatic rings. The first-order valence-electron chi connectivity index (χ1n) is 4.94. The van der Waals surface area contributed by atoms with E-state index in [1.165, 1.54) is 31.4 Å². The molecular formula is C11H13F2N. The Bertz CT molecular complexity index is 321. The Morgan fingerprint density at radius 1 is 1.29 bits per heavy atom. The molecule has 0 amide bonds. The van der Waals surface area contributed by atoms with E-state index in [2.05, 4.69) is 5.32 Å². The largest absolute Gasteiger partial charge is 0.382 e. The second kappa shape index (κ2) is 3.95. The summed E-state index contributed by atoms with van der Waals surface area (Å²) in [7, 11) is 0. The lowest BCUT2D eigenvalue weighted by Gasteiger charge is -2.25. The van der Waals surface area contributed by atoms with Gasteiger partial charge in [0.15, 0.2) is 0 Å². The zero-order valence-corrected chi connectivity index (χ0v) is 7.89. The van der Waals surface area contributed by atoms with Gasteiger partial charge in [0, 0.05) is 12.6 Å². The van der Waals surface area contributed by atoms with Crippen molar-refractivity contribution < 1.29 is 8.78 Å². The normalized spacial score (nSPS) is 16.4. The van der Waals surface area contributed by atoms with Crippen LogP contribution in [0.5, 0.6) is 0 Å². The molecule has 1 saturated carbocycles. The summed E-state index contributed by atoms with van der Waals surface area (Å²) in [5.41, 5.74) is 0.401. The average molecular weight is 197 g/mol. The number of benzene rings is 1. The van der Waals surface area contributed by atoms with Crippen molar-refractivity contribution in [3.8, 4) is 0 Å². The lowest BCUT2D eigenvalue weighted by atomic mass is 9.85. The van der Waals surface area contributed by atoms with E-state index >= 15 is 0 Å². The van der Waals surface area contributed by atoms with E-state index in [-0.39, 0.29) is 0 Å². The van der Waals surface area contributed by atoms with E-state index in [9.17, 15) is 8.78 Å². The molecular weight excluding hydrogens is 184 g/mol. The van der Waals surface area contributed by atoms with Crippen LogP contribution in [-0.4, -0.2) is 6.54 Å². The van der Waals surface area contributed by atoms with Crippen LogP contribution >= 0.6 is 0 Å². The molecule has 1 aromatic carbocycles. The van der Waals surface area contributed by atoms with E-state index in [0.29, 0.717) is 11.6 Å². The molecule has 0 saturated heterocycles. The Morgan fingerprint density at radius 2 is 2.07 bits per heavy atom. The van der Waals surface area contributed by atoms with Gasteiger partial charge in [0.25, 0.3) is 0 Å². The highest BCUT2D eigenvalue weighted by Crippen LogP contribution is 2.26. The third-order valence-electron chi connectivity index (χ3n) is 2.74. The zero-order valence-electron chi connectivity index (χ0n) is 7.89. The Labute approximate surface area is 82.1 Å². The molecule has 1 fully saturated rings. The lowest BCUT2D eigenvalue weighted by Crippen LogP contribution is -2.21. The fourth-order valence-electron chi connectivity index (χ4n) is 1.58. The van der Waals surface area contributed by atoms with Crippen molar-refractivity contribution in [3.63, 3.8) is 0 Å². The second-order valence-electron chi connectivity index (χ2n) is 3.80. The van der Waals surface area contributed by atoms with E-state index in [0.717, 1.165) is 12.6 Å². The summed E-state index contributed by atoms with van der Waals surface area (Å²) in [6.07, 6.45) is 3.71. The predicted octanol–water partition coefficient (Wildman–Crippen LogP) is 3.18. The van der Waals surface area contributed by atoms with Crippen molar-refractivity contribution in [2.75, 3.05) is 11.9 Å². The summed E-state index contributed by atoms with van der Waals surface area (Å²) in [5.74, 6) is -0.375. The van der Waals surface area contributed by atoms with Gasteiger partial charge in [-0.2, -0.15) is 0 Å². The van der Waals surface area contributed by atoms with Crippen molar-refractivity contribution >= 4 is 5.69 Å². The van der Waals surface area contributed by atoms with Crippen LogP contribution in [0.1, 0.15) is 19.3 Å². The minimum Gasteiger partial charge on any atom is -0.382 e. The summed E-state index contributed by atoms with van der Waals surface area (Å²) in [5, 5.41) is 3.00. The third-order valence-corrected chi connectivity index (χ3v) is 2.74. The van der Waals surface area contributed by atoms with Gasteiger partial charge in [-0.3, -0.25) is 0 Å². The van der Waals surface area contributed by atoms with Crippen molar-refractivity contribution in [2.24, 2.45) is 5.92 Å². The van der Waals surface area contributed by atoms with Crippen LogP contribution in [0.15, 0.2) is 18.2 Å². The molecule has 0 atom stereocenters. The predicted molar refractivity (Wildman–Crippen MR) is 52.2 cm³/mol. The van der Waals surface area contributed by atoms with Gasteiger partial charge < -0.3 is 5.32 Å². The molecule has 3 heteroatoms. The molecule has 1 nitrogen and oxygen atoms in total. The second-order valence-corrected chi connectivity index (χ2v) is 3.80. The molecule has 0 aromatic heterocycles. The minimum absolute atomic E-state index is 0.401. The topological polar surface area (TPSA) is 12.0 Å². The number of hydrogen-bond donors (Lipinski definition) is 1. The highest BCUT2D eigenvalue weighted by Gasteiger charge is 2.17. The first-order valence-corrected chi connectivity index (χ1v) is 4.94. The SMILES string of the molecule is Fc1ccc(NCC2CCC2)c(F)c1. The fraction of sp³-hybridized carbons (Fsp3) is 0.455. The van der Waals surface area contributed by atoms with E-state index < -0.39 is 11.6 Å². The highest BCUT2D eigenvalue weighted by atomic mass is 19.1. The van der Waals surface area contributed by atoms with Crippen LogP contribution in [-0.2, 0) is 0 Å².